The van der Waals surface area contributed by atoms with Gasteiger partial charge in [0.05, 0.1) is 5.56 Å². The number of carbonyl (C=O) groups excluding carboxylic acids is 2. The lowest BCUT2D eigenvalue weighted by atomic mass is 10.1. The zero-order chi connectivity index (χ0) is 18.1. The average Bonchev–Trinajstić information content (AvgIpc) is 3.33. The van der Waals surface area contributed by atoms with Crippen LogP contribution in [0, 0.1) is 20.8 Å². The molecule has 1 aliphatic carbocycles. The number of nitrogens with one attached hydrogen (secondary N) is 1. The molecule has 1 fully saturated rings. The highest BCUT2D eigenvalue weighted by molar-refractivity contribution is 6.05. The molecule has 1 heterocycles. The number of nitrogens with zero attached hydrogens (tertiary/aromatic N) is 1. The summed E-state index contributed by atoms with van der Waals surface area (Å²) in [5, 5.41) is 2.96. The number of ether oxygens (including phenoxy) is 1. The van der Waals surface area contributed by atoms with Crippen molar-refractivity contribution in [3.8, 4) is 5.75 Å². The summed E-state index contributed by atoms with van der Waals surface area (Å²) in [5.41, 5.74) is 9.48. The fourth-order valence-electron chi connectivity index (χ4n) is 3.11. The summed E-state index contributed by atoms with van der Waals surface area (Å²) in [6.07, 6.45) is 2.37. The molecule has 1 aliphatic rings. The van der Waals surface area contributed by atoms with Gasteiger partial charge in [-0.25, -0.2) is 0 Å². The van der Waals surface area contributed by atoms with E-state index in [4.69, 9.17) is 10.5 Å². The van der Waals surface area contributed by atoms with Gasteiger partial charge in [0, 0.05) is 23.1 Å². The largest absolute Gasteiger partial charge is 0.484 e. The number of amides is 2. The standard InChI is InChI=1S/C19H23N3O3/c1-11-8-15(25-10-18(20)23)6-7-17(11)21-19(24)16-9-12(2)22(13(16)3)14-4-5-14/h6-9,14H,4-5,10H2,1-3H3,(H2,20,23)(H,21,24). The van der Waals surface area contributed by atoms with Crippen molar-refractivity contribution in [3.05, 3.63) is 46.8 Å². The molecule has 25 heavy (non-hydrogen) atoms. The van der Waals surface area contributed by atoms with Crippen LogP contribution in [0.15, 0.2) is 24.3 Å². The van der Waals surface area contributed by atoms with E-state index in [0.717, 1.165) is 17.0 Å². The van der Waals surface area contributed by atoms with Crippen LogP contribution in [0.4, 0.5) is 5.69 Å². The van der Waals surface area contributed by atoms with Crippen LogP contribution in [0.5, 0.6) is 5.75 Å². The van der Waals surface area contributed by atoms with Gasteiger partial charge in [-0.3, -0.25) is 9.59 Å². The van der Waals surface area contributed by atoms with Crippen LogP contribution in [-0.4, -0.2) is 23.0 Å². The van der Waals surface area contributed by atoms with Crippen molar-refractivity contribution >= 4 is 17.5 Å². The van der Waals surface area contributed by atoms with Crippen LogP contribution in [0.2, 0.25) is 0 Å². The van der Waals surface area contributed by atoms with Crippen LogP contribution in [0.25, 0.3) is 0 Å². The molecule has 0 aliphatic heterocycles. The molecule has 6 heteroatoms. The number of rotatable bonds is 6. The maximum absolute atomic E-state index is 12.7. The zero-order valence-electron chi connectivity index (χ0n) is 14.8. The Morgan fingerprint density at radius 2 is 1.96 bits per heavy atom. The molecule has 0 atom stereocenters. The summed E-state index contributed by atoms with van der Waals surface area (Å²) in [7, 11) is 0. The van der Waals surface area contributed by atoms with Gasteiger partial charge in [-0.05, 0) is 63.4 Å². The van der Waals surface area contributed by atoms with Crippen LogP contribution >= 0.6 is 0 Å². The van der Waals surface area contributed by atoms with E-state index in [0.29, 0.717) is 23.0 Å². The molecular weight excluding hydrogens is 318 g/mol. The predicted octanol–water partition coefficient (Wildman–Crippen LogP) is 2.86. The average molecular weight is 341 g/mol. The normalized spacial score (nSPS) is 13.6. The van der Waals surface area contributed by atoms with Crippen molar-refractivity contribution in [1.29, 1.82) is 0 Å². The molecule has 0 radical (unpaired) electrons. The third-order valence-electron chi connectivity index (χ3n) is 4.47. The topological polar surface area (TPSA) is 86.3 Å². The van der Waals surface area contributed by atoms with Crippen molar-refractivity contribution in [3.63, 3.8) is 0 Å². The number of anilines is 1. The van der Waals surface area contributed by atoms with E-state index < -0.39 is 5.91 Å². The lowest BCUT2D eigenvalue weighted by Gasteiger charge is -2.11. The predicted molar refractivity (Wildman–Crippen MR) is 96.0 cm³/mol. The monoisotopic (exact) mass is 341 g/mol. The first kappa shape index (κ1) is 17.1. The number of carbonyl (C=O) groups is 2. The van der Waals surface area contributed by atoms with E-state index >= 15 is 0 Å². The van der Waals surface area contributed by atoms with Crippen LogP contribution in [-0.2, 0) is 4.79 Å². The lowest BCUT2D eigenvalue weighted by molar-refractivity contribution is -0.119. The summed E-state index contributed by atoms with van der Waals surface area (Å²) >= 11 is 0. The molecule has 2 aromatic rings. The summed E-state index contributed by atoms with van der Waals surface area (Å²) < 4.78 is 7.53. The van der Waals surface area contributed by atoms with Gasteiger partial charge in [-0.15, -0.1) is 0 Å². The first-order valence-corrected chi connectivity index (χ1v) is 8.38. The van der Waals surface area contributed by atoms with Gasteiger partial charge in [0.2, 0.25) is 0 Å². The Morgan fingerprint density at radius 3 is 2.56 bits per heavy atom. The van der Waals surface area contributed by atoms with Gasteiger partial charge < -0.3 is 20.4 Å². The van der Waals surface area contributed by atoms with Crippen molar-refractivity contribution in [2.45, 2.75) is 39.7 Å². The minimum Gasteiger partial charge on any atom is -0.484 e. The van der Waals surface area contributed by atoms with E-state index in [9.17, 15) is 9.59 Å². The lowest BCUT2D eigenvalue weighted by Crippen LogP contribution is -2.20. The SMILES string of the molecule is Cc1cc(OCC(N)=O)ccc1NC(=O)c1cc(C)n(C2CC2)c1C. The van der Waals surface area contributed by atoms with Crippen LogP contribution < -0.4 is 15.8 Å². The van der Waals surface area contributed by atoms with Crippen molar-refractivity contribution in [2.75, 3.05) is 11.9 Å². The number of aromatic nitrogens is 1. The minimum absolute atomic E-state index is 0.117. The number of aryl methyl sites for hydroxylation is 2. The molecule has 132 valence electrons. The third kappa shape index (κ3) is 3.68. The number of nitrogens with two attached hydrogens (primary N) is 1. The van der Waals surface area contributed by atoms with E-state index in [2.05, 4.69) is 9.88 Å². The van der Waals surface area contributed by atoms with Gasteiger partial charge in [-0.1, -0.05) is 0 Å². The molecule has 3 rings (SSSR count). The quantitative estimate of drug-likeness (QED) is 0.847. The number of hydrogen-bond donors (Lipinski definition) is 2. The van der Waals surface area contributed by atoms with E-state index in [-0.39, 0.29) is 12.5 Å². The van der Waals surface area contributed by atoms with Crippen molar-refractivity contribution in [1.82, 2.24) is 4.57 Å². The Hall–Kier alpha value is -2.76. The van der Waals surface area contributed by atoms with Gasteiger partial charge in [0.25, 0.3) is 11.8 Å². The molecule has 0 unspecified atom stereocenters. The molecule has 1 saturated carbocycles. The number of benzene rings is 1. The minimum atomic E-state index is -0.527. The van der Waals surface area contributed by atoms with Gasteiger partial charge >= 0.3 is 0 Å². The Labute approximate surface area is 147 Å². The summed E-state index contributed by atoms with van der Waals surface area (Å²) in [6, 6.07) is 7.74. The molecule has 0 bridgehead atoms. The van der Waals surface area contributed by atoms with Gasteiger partial charge in [0.1, 0.15) is 5.75 Å². The summed E-state index contributed by atoms with van der Waals surface area (Å²) in [4.78, 5) is 23.5. The molecule has 3 N–H and O–H groups in total. The maximum Gasteiger partial charge on any atom is 0.257 e. The third-order valence-corrected chi connectivity index (χ3v) is 4.47. The Kier molecular flexibility index (Phi) is 4.53. The first-order valence-electron chi connectivity index (χ1n) is 8.38. The maximum atomic E-state index is 12.7. The highest BCUT2D eigenvalue weighted by Gasteiger charge is 2.28. The summed E-state index contributed by atoms with van der Waals surface area (Å²) in [5.74, 6) is -0.101. The van der Waals surface area contributed by atoms with E-state index in [1.54, 1.807) is 18.2 Å². The fourth-order valence-corrected chi connectivity index (χ4v) is 3.11. The second kappa shape index (κ2) is 6.63. The summed E-state index contributed by atoms with van der Waals surface area (Å²) in [6.45, 7) is 5.74. The molecule has 6 nitrogen and oxygen atoms in total. The second-order valence-electron chi connectivity index (χ2n) is 6.57. The molecular formula is C19H23N3O3. The molecule has 0 spiro atoms. The highest BCUT2D eigenvalue weighted by Crippen LogP contribution is 2.38. The molecule has 0 saturated heterocycles. The fraction of sp³-hybridized carbons (Fsp3) is 0.368. The Bertz CT molecular complexity index is 835. The number of hydrogen-bond acceptors (Lipinski definition) is 3. The first-order chi connectivity index (χ1) is 11.9. The number of primary amides is 1. The Morgan fingerprint density at radius 1 is 1.24 bits per heavy atom. The van der Waals surface area contributed by atoms with Crippen molar-refractivity contribution in [2.24, 2.45) is 5.73 Å². The van der Waals surface area contributed by atoms with Crippen molar-refractivity contribution < 1.29 is 14.3 Å². The second-order valence-corrected chi connectivity index (χ2v) is 6.57. The van der Waals surface area contributed by atoms with Crippen LogP contribution in [0.3, 0.4) is 0 Å². The highest BCUT2D eigenvalue weighted by atomic mass is 16.5. The molecule has 1 aromatic heterocycles. The van der Waals surface area contributed by atoms with E-state index in [1.807, 2.05) is 26.8 Å². The van der Waals surface area contributed by atoms with Crippen LogP contribution in [0.1, 0.15) is 46.2 Å². The van der Waals surface area contributed by atoms with Gasteiger partial charge in [-0.2, -0.15) is 0 Å². The Balaban J connectivity index is 1.75. The molecule has 1 aromatic carbocycles. The van der Waals surface area contributed by atoms with Gasteiger partial charge in [0.15, 0.2) is 6.61 Å². The van der Waals surface area contributed by atoms with E-state index in [1.165, 1.54) is 12.8 Å². The smallest absolute Gasteiger partial charge is 0.257 e. The zero-order valence-corrected chi connectivity index (χ0v) is 14.8. The molecule has 2 amide bonds.